The van der Waals surface area contributed by atoms with E-state index in [0.717, 1.165) is 64.2 Å². The number of morpholine rings is 1. The van der Waals surface area contributed by atoms with Gasteiger partial charge in [-0.2, -0.15) is 0 Å². The Kier molecular flexibility index (Phi) is 6.31. The number of hydrogen-bond donors (Lipinski definition) is 0. The predicted octanol–water partition coefficient (Wildman–Crippen LogP) is 2.77. The zero-order valence-electron chi connectivity index (χ0n) is 14.4. The van der Waals surface area contributed by atoms with Crippen molar-refractivity contribution in [1.29, 1.82) is 0 Å². The Balaban J connectivity index is 1.35. The molecule has 1 aromatic rings. The highest BCUT2D eigenvalue weighted by Gasteiger charge is 2.19. The first-order valence-corrected chi connectivity index (χ1v) is 9.07. The molecular formula is C19H30N2O2. The Morgan fingerprint density at radius 2 is 1.91 bits per heavy atom. The molecule has 0 amide bonds. The van der Waals surface area contributed by atoms with Crippen LogP contribution in [0.15, 0.2) is 24.3 Å². The van der Waals surface area contributed by atoms with Crippen LogP contribution in [0.25, 0.3) is 0 Å². The van der Waals surface area contributed by atoms with Gasteiger partial charge in [-0.05, 0) is 50.4 Å². The van der Waals surface area contributed by atoms with Gasteiger partial charge in [-0.15, -0.1) is 0 Å². The van der Waals surface area contributed by atoms with Crippen LogP contribution < -0.4 is 4.74 Å². The lowest BCUT2D eigenvalue weighted by Gasteiger charge is -2.26. The molecule has 2 saturated heterocycles. The normalized spacial score (nSPS) is 23.3. The zero-order chi connectivity index (χ0) is 15.9. The molecule has 0 radical (unpaired) electrons. The number of benzene rings is 1. The van der Waals surface area contributed by atoms with Gasteiger partial charge in [0.15, 0.2) is 0 Å². The van der Waals surface area contributed by atoms with E-state index in [1.165, 1.54) is 24.9 Å². The lowest BCUT2D eigenvalue weighted by molar-refractivity contribution is 0.0358. The fourth-order valence-electron chi connectivity index (χ4n) is 3.46. The third-order valence-corrected chi connectivity index (χ3v) is 4.99. The highest BCUT2D eigenvalue weighted by atomic mass is 16.5. The number of likely N-dealkylation sites (tertiary alicyclic amines) is 1. The summed E-state index contributed by atoms with van der Waals surface area (Å²) in [6.07, 6.45) is 3.75. The Morgan fingerprint density at radius 3 is 2.61 bits per heavy atom. The summed E-state index contributed by atoms with van der Waals surface area (Å²) >= 11 is 0. The summed E-state index contributed by atoms with van der Waals surface area (Å²) in [5.74, 6) is 0.991. The van der Waals surface area contributed by atoms with E-state index in [1.807, 2.05) is 0 Å². The van der Waals surface area contributed by atoms with E-state index in [4.69, 9.17) is 9.47 Å². The fourth-order valence-corrected chi connectivity index (χ4v) is 3.46. The Bertz CT molecular complexity index is 457. The van der Waals surface area contributed by atoms with Crippen LogP contribution in [0.2, 0.25) is 0 Å². The molecule has 0 bridgehead atoms. The van der Waals surface area contributed by atoms with Gasteiger partial charge in [-0.25, -0.2) is 0 Å². The lowest BCUT2D eigenvalue weighted by atomic mass is 10.2. The Morgan fingerprint density at radius 1 is 1.13 bits per heavy atom. The monoisotopic (exact) mass is 318 g/mol. The van der Waals surface area contributed by atoms with E-state index in [-0.39, 0.29) is 0 Å². The largest absolute Gasteiger partial charge is 0.494 e. The molecule has 0 aliphatic carbocycles. The summed E-state index contributed by atoms with van der Waals surface area (Å²) < 4.78 is 11.2. The average Bonchev–Trinajstić information content (AvgIpc) is 2.99. The number of nitrogens with zero attached hydrogens (tertiary/aromatic N) is 2. The first-order chi connectivity index (χ1) is 11.3. The van der Waals surface area contributed by atoms with Gasteiger partial charge in [-0.1, -0.05) is 12.1 Å². The summed E-state index contributed by atoms with van der Waals surface area (Å²) in [6, 6.07) is 9.38. The van der Waals surface area contributed by atoms with Crippen molar-refractivity contribution in [3.8, 4) is 5.75 Å². The van der Waals surface area contributed by atoms with Gasteiger partial charge in [0.1, 0.15) is 5.75 Å². The van der Waals surface area contributed by atoms with E-state index in [1.54, 1.807) is 0 Å². The van der Waals surface area contributed by atoms with Crippen LogP contribution in [-0.2, 0) is 11.3 Å². The van der Waals surface area contributed by atoms with Crippen LogP contribution in [-0.4, -0.2) is 61.8 Å². The number of rotatable bonds is 7. The van der Waals surface area contributed by atoms with Crippen molar-refractivity contribution >= 4 is 0 Å². The van der Waals surface area contributed by atoms with Crippen LogP contribution in [0, 0.1) is 0 Å². The van der Waals surface area contributed by atoms with Gasteiger partial charge >= 0.3 is 0 Å². The third-order valence-electron chi connectivity index (χ3n) is 4.99. The summed E-state index contributed by atoms with van der Waals surface area (Å²) in [5.41, 5.74) is 1.39. The van der Waals surface area contributed by atoms with E-state index >= 15 is 0 Å². The quantitative estimate of drug-likeness (QED) is 0.722. The highest BCUT2D eigenvalue weighted by Crippen LogP contribution is 2.20. The Hall–Kier alpha value is -1.10. The summed E-state index contributed by atoms with van der Waals surface area (Å²) in [5, 5.41) is 0. The molecule has 0 aromatic heterocycles. The number of hydrogen-bond acceptors (Lipinski definition) is 4. The molecule has 2 aliphatic heterocycles. The van der Waals surface area contributed by atoms with Gasteiger partial charge in [0.05, 0.1) is 19.8 Å². The minimum Gasteiger partial charge on any atom is -0.494 e. The standard InChI is InChI=1S/C19H30N2O2/c1-17-4-2-10-21(17)16-18-5-7-19(8-6-18)23-13-3-9-20-11-14-22-15-12-20/h5-8,17H,2-4,9-16H2,1H3/t17-/m0/s1. The molecule has 0 unspecified atom stereocenters. The van der Waals surface area contributed by atoms with Crippen LogP contribution >= 0.6 is 0 Å². The smallest absolute Gasteiger partial charge is 0.119 e. The molecule has 0 N–H and O–H groups in total. The van der Waals surface area contributed by atoms with Gasteiger partial charge in [0, 0.05) is 32.2 Å². The number of ether oxygens (including phenoxy) is 2. The molecule has 4 nitrogen and oxygen atoms in total. The zero-order valence-corrected chi connectivity index (χ0v) is 14.4. The molecule has 0 saturated carbocycles. The van der Waals surface area contributed by atoms with Gasteiger partial charge < -0.3 is 9.47 Å². The van der Waals surface area contributed by atoms with Crippen molar-refractivity contribution in [2.75, 3.05) is 46.0 Å². The molecule has 2 heterocycles. The minimum atomic E-state index is 0.728. The van der Waals surface area contributed by atoms with Crippen LogP contribution in [0.1, 0.15) is 31.7 Å². The maximum absolute atomic E-state index is 5.87. The van der Waals surface area contributed by atoms with Crippen molar-refractivity contribution in [2.45, 2.75) is 38.8 Å². The summed E-state index contributed by atoms with van der Waals surface area (Å²) in [6.45, 7) is 10.4. The van der Waals surface area contributed by atoms with Crippen LogP contribution in [0.4, 0.5) is 0 Å². The highest BCUT2D eigenvalue weighted by molar-refractivity contribution is 5.27. The molecule has 2 aliphatic rings. The molecular weight excluding hydrogens is 288 g/mol. The van der Waals surface area contributed by atoms with Gasteiger partial charge in [0.2, 0.25) is 0 Å². The van der Waals surface area contributed by atoms with E-state index < -0.39 is 0 Å². The summed E-state index contributed by atoms with van der Waals surface area (Å²) in [7, 11) is 0. The molecule has 1 atom stereocenters. The van der Waals surface area contributed by atoms with Crippen molar-refractivity contribution in [2.24, 2.45) is 0 Å². The van der Waals surface area contributed by atoms with Crippen LogP contribution in [0.5, 0.6) is 5.75 Å². The molecule has 23 heavy (non-hydrogen) atoms. The SMILES string of the molecule is C[C@H]1CCCN1Cc1ccc(OCCCN2CCOCC2)cc1. The fraction of sp³-hybridized carbons (Fsp3) is 0.684. The second kappa shape index (κ2) is 8.67. The maximum atomic E-state index is 5.87. The lowest BCUT2D eigenvalue weighted by Crippen LogP contribution is -2.37. The van der Waals surface area contributed by atoms with Crippen LogP contribution in [0.3, 0.4) is 0 Å². The molecule has 128 valence electrons. The van der Waals surface area contributed by atoms with Gasteiger partial charge in [-0.3, -0.25) is 9.80 Å². The average molecular weight is 318 g/mol. The first-order valence-electron chi connectivity index (χ1n) is 9.07. The molecule has 1 aromatic carbocycles. The predicted molar refractivity (Wildman–Crippen MR) is 92.9 cm³/mol. The second-order valence-electron chi connectivity index (χ2n) is 6.76. The van der Waals surface area contributed by atoms with Crippen molar-refractivity contribution in [3.63, 3.8) is 0 Å². The molecule has 2 fully saturated rings. The molecule has 0 spiro atoms. The van der Waals surface area contributed by atoms with E-state index in [0.29, 0.717) is 0 Å². The molecule has 4 heteroatoms. The van der Waals surface area contributed by atoms with Crippen molar-refractivity contribution in [1.82, 2.24) is 9.80 Å². The second-order valence-corrected chi connectivity index (χ2v) is 6.76. The van der Waals surface area contributed by atoms with Gasteiger partial charge in [0.25, 0.3) is 0 Å². The third kappa shape index (κ3) is 5.20. The van der Waals surface area contributed by atoms with Crippen molar-refractivity contribution < 1.29 is 9.47 Å². The van der Waals surface area contributed by atoms with Crippen molar-refractivity contribution in [3.05, 3.63) is 29.8 Å². The first kappa shape index (κ1) is 16.7. The molecule has 3 rings (SSSR count). The minimum absolute atomic E-state index is 0.728. The topological polar surface area (TPSA) is 24.9 Å². The summed E-state index contributed by atoms with van der Waals surface area (Å²) in [4.78, 5) is 5.02. The van der Waals surface area contributed by atoms with E-state index in [2.05, 4.69) is 41.0 Å². The van der Waals surface area contributed by atoms with E-state index in [9.17, 15) is 0 Å². The Labute approximate surface area is 140 Å². The maximum Gasteiger partial charge on any atom is 0.119 e.